The molecule has 6 nitrogen and oxygen atoms in total. The van der Waals surface area contributed by atoms with Gasteiger partial charge < -0.3 is 20.1 Å². The second kappa shape index (κ2) is 9.91. The van der Waals surface area contributed by atoms with Crippen LogP contribution in [0, 0.1) is 13.8 Å². The van der Waals surface area contributed by atoms with Crippen LogP contribution in [0.15, 0.2) is 42.5 Å². The van der Waals surface area contributed by atoms with E-state index < -0.39 is 12.1 Å². The molecule has 5 rings (SSSR count). The maximum absolute atomic E-state index is 10.6. The summed E-state index contributed by atoms with van der Waals surface area (Å²) >= 11 is 0. The predicted octanol–water partition coefficient (Wildman–Crippen LogP) is 4.54. The lowest BCUT2D eigenvalue weighted by molar-refractivity contribution is -0.192. The van der Waals surface area contributed by atoms with E-state index in [1.165, 1.54) is 33.3 Å². The van der Waals surface area contributed by atoms with Gasteiger partial charge in [-0.3, -0.25) is 4.90 Å². The van der Waals surface area contributed by atoms with E-state index in [-0.39, 0.29) is 5.54 Å². The third kappa shape index (κ3) is 5.31. The number of H-pyrrole nitrogens is 1. The number of likely N-dealkylation sites (tertiary alicyclic amines) is 1. The van der Waals surface area contributed by atoms with Gasteiger partial charge in [0.25, 0.3) is 0 Å². The quantitative estimate of drug-likeness (QED) is 0.502. The van der Waals surface area contributed by atoms with Crippen LogP contribution in [0.4, 0.5) is 13.2 Å². The van der Waals surface area contributed by atoms with Crippen LogP contribution in [-0.2, 0) is 16.8 Å². The van der Waals surface area contributed by atoms with Gasteiger partial charge >= 0.3 is 12.1 Å². The number of aliphatic carboxylic acids is 1. The van der Waals surface area contributed by atoms with Crippen molar-refractivity contribution < 1.29 is 27.8 Å². The molecule has 0 aliphatic carbocycles. The number of carboxylic acids is 1. The third-order valence-electron chi connectivity index (χ3n) is 6.80. The number of aromatic nitrogens is 1. The number of carbonyl (C=O) groups is 1. The Morgan fingerprint density at radius 3 is 2.51 bits per heavy atom. The Hall–Kier alpha value is -3.04. The fourth-order valence-corrected chi connectivity index (χ4v) is 5.10. The molecule has 1 atom stereocenters. The van der Waals surface area contributed by atoms with Gasteiger partial charge in [-0.1, -0.05) is 30.3 Å². The summed E-state index contributed by atoms with van der Waals surface area (Å²) in [7, 11) is 0. The van der Waals surface area contributed by atoms with Gasteiger partial charge in [0.05, 0.1) is 5.54 Å². The van der Waals surface area contributed by atoms with Gasteiger partial charge in [-0.2, -0.15) is 13.2 Å². The number of benzene rings is 2. The zero-order valence-electron chi connectivity index (χ0n) is 19.8. The van der Waals surface area contributed by atoms with Crippen molar-refractivity contribution in [3.8, 4) is 5.75 Å². The van der Waals surface area contributed by atoms with E-state index >= 15 is 0 Å². The number of aryl methyl sites for hydroxylation is 2. The van der Waals surface area contributed by atoms with Crippen molar-refractivity contribution in [2.24, 2.45) is 0 Å². The van der Waals surface area contributed by atoms with Crippen molar-refractivity contribution in [3.63, 3.8) is 0 Å². The first-order chi connectivity index (χ1) is 16.6. The van der Waals surface area contributed by atoms with Crippen LogP contribution in [0.1, 0.15) is 28.8 Å². The third-order valence-corrected chi connectivity index (χ3v) is 6.80. The van der Waals surface area contributed by atoms with E-state index in [1.807, 2.05) is 30.3 Å². The maximum atomic E-state index is 10.6. The van der Waals surface area contributed by atoms with Crippen molar-refractivity contribution in [1.29, 1.82) is 0 Å². The molecule has 3 heterocycles. The fourth-order valence-electron chi connectivity index (χ4n) is 5.10. The highest BCUT2D eigenvalue weighted by Crippen LogP contribution is 2.40. The minimum absolute atomic E-state index is 0.0538. The Morgan fingerprint density at radius 2 is 1.83 bits per heavy atom. The predicted molar refractivity (Wildman–Crippen MR) is 128 cm³/mol. The molecule has 1 saturated heterocycles. The van der Waals surface area contributed by atoms with Crippen LogP contribution in [0.5, 0.6) is 5.75 Å². The summed E-state index contributed by atoms with van der Waals surface area (Å²) in [6.45, 7) is 9.37. The van der Waals surface area contributed by atoms with Gasteiger partial charge in [0.2, 0.25) is 0 Å². The second-order valence-corrected chi connectivity index (χ2v) is 9.18. The van der Waals surface area contributed by atoms with Gasteiger partial charge in [-0.05, 0) is 55.5 Å². The highest BCUT2D eigenvalue weighted by molar-refractivity contribution is 5.91. The van der Waals surface area contributed by atoms with Crippen molar-refractivity contribution in [3.05, 3.63) is 64.8 Å². The number of halogens is 3. The Labute approximate surface area is 202 Å². The highest BCUT2D eigenvalue weighted by atomic mass is 19.4. The van der Waals surface area contributed by atoms with Gasteiger partial charge in [0.15, 0.2) is 0 Å². The number of rotatable bonds is 4. The lowest BCUT2D eigenvalue weighted by Gasteiger charge is -2.35. The summed E-state index contributed by atoms with van der Waals surface area (Å²) in [6, 6.07) is 14.6. The summed E-state index contributed by atoms with van der Waals surface area (Å²) in [4.78, 5) is 15.3. The van der Waals surface area contributed by atoms with Crippen molar-refractivity contribution >= 4 is 16.9 Å². The van der Waals surface area contributed by atoms with Crippen molar-refractivity contribution in [1.82, 2.24) is 15.2 Å². The number of alkyl halides is 3. The van der Waals surface area contributed by atoms with E-state index in [9.17, 15) is 13.2 Å². The monoisotopic (exact) mass is 489 g/mol. The molecule has 0 bridgehead atoms. The van der Waals surface area contributed by atoms with Crippen LogP contribution >= 0.6 is 0 Å². The van der Waals surface area contributed by atoms with Gasteiger partial charge in [0, 0.05) is 42.8 Å². The number of para-hydroxylation sites is 1. The van der Waals surface area contributed by atoms with E-state index in [4.69, 9.17) is 14.6 Å². The second-order valence-electron chi connectivity index (χ2n) is 9.18. The zero-order valence-corrected chi connectivity index (χ0v) is 19.8. The smallest absolute Gasteiger partial charge is 0.490 e. The molecule has 0 radical (unpaired) electrons. The van der Waals surface area contributed by atoms with Gasteiger partial charge in [-0.15, -0.1) is 0 Å². The molecular weight excluding hydrogens is 459 g/mol. The number of nitrogens with one attached hydrogen (secondary N) is 2. The molecule has 0 amide bonds. The van der Waals surface area contributed by atoms with Gasteiger partial charge in [0.1, 0.15) is 12.4 Å². The standard InChI is InChI=1S/C24H29N3O.C2HF3O2/c1-17-8-9-18(2)22-21(17)20-10-12-25-24(23(20)26-22)11-13-27(16-24)14-15-28-19-6-4-3-5-7-19;3-2(4,5)1(6)7/h3-9,25-26H,10-16H2,1-2H3;(H,6,7). The largest absolute Gasteiger partial charge is 0.492 e. The molecule has 1 spiro atoms. The molecule has 2 aliphatic heterocycles. The molecule has 0 saturated carbocycles. The maximum Gasteiger partial charge on any atom is 0.490 e. The SMILES string of the molecule is Cc1ccc(C)c2c3c([nH]c12)C1(CCN(CCOc2ccccc2)C1)NCC3.O=C(O)C(F)(F)F. The van der Waals surface area contributed by atoms with Crippen LogP contribution in [0.25, 0.3) is 10.9 Å². The Kier molecular flexibility index (Phi) is 7.10. The zero-order chi connectivity index (χ0) is 25.2. The number of aromatic amines is 1. The number of carboxylic acid groups (broad SMARTS) is 1. The van der Waals surface area contributed by atoms with Crippen LogP contribution in [0.3, 0.4) is 0 Å². The Balaban J connectivity index is 0.000000364. The number of hydrogen-bond donors (Lipinski definition) is 3. The van der Waals surface area contributed by atoms with Crippen molar-refractivity contribution in [2.45, 2.75) is 38.4 Å². The average molecular weight is 490 g/mol. The van der Waals surface area contributed by atoms with E-state index in [0.29, 0.717) is 0 Å². The van der Waals surface area contributed by atoms with Crippen molar-refractivity contribution in [2.75, 3.05) is 32.8 Å². The summed E-state index contributed by atoms with van der Waals surface area (Å²) < 4.78 is 37.7. The molecule has 3 N–H and O–H groups in total. The lowest BCUT2D eigenvalue weighted by Crippen LogP contribution is -2.49. The van der Waals surface area contributed by atoms with Crippen LogP contribution in [-0.4, -0.2) is 59.9 Å². The summed E-state index contributed by atoms with van der Waals surface area (Å²) in [5.74, 6) is -1.80. The molecule has 9 heteroatoms. The van der Waals surface area contributed by atoms with Crippen LogP contribution in [0.2, 0.25) is 0 Å². The number of hydrogen-bond acceptors (Lipinski definition) is 4. The topological polar surface area (TPSA) is 77.6 Å². The Morgan fingerprint density at radius 1 is 1.14 bits per heavy atom. The molecular formula is C26H30F3N3O3. The molecule has 188 valence electrons. The molecule has 1 aromatic heterocycles. The van der Waals surface area contributed by atoms with Crippen LogP contribution < -0.4 is 10.1 Å². The number of ether oxygens (including phenoxy) is 1. The Bertz CT molecular complexity index is 1190. The summed E-state index contributed by atoms with van der Waals surface area (Å²) in [5.41, 5.74) is 7.09. The molecule has 1 unspecified atom stereocenters. The van der Waals surface area contributed by atoms with E-state index in [2.05, 4.69) is 41.2 Å². The lowest BCUT2D eigenvalue weighted by atomic mass is 9.85. The normalized spacial score (nSPS) is 19.9. The first-order valence-electron chi connectivity index (χ1n) is 11.7. The van der Waals surface area contributed by atoms with Gasteiger partial charge in [-0.25, -0.2) is 4.79 Å². The minimum atomic E-state index is -5.08. The average Bonchev–Trinajstić information content (AvgIpc) is 3.41. The molecule has 35 heavy (non-hydrogen) atoms. The number of fused-ring (bicyclic) bond motifs is 4. The molecule has 1 fully saturated rings. The molecule has 3 aromatic rings. The first-order valence-corrected chi connectivity index (χ1v) is 11.7. The first kappa shape index (κ1) is 25.1. The minimum Gasteiger partial charge on any atom is -0.492 e. The summed E-state index contributed by atoms with van der Waals surface area (Å²) in [6.07, 6.45) is -2.82. The molecule has 2 aromatic carbocycles. The fraction of sp³-hybridized carbons (Fsp3) is 0.423. The molecule has 2 aliphatic rings. The summed E-state index contributed by atoms with van der Waals surface area (Å²) in [5, 5.41) is 12.5. The van der Waals surface area contributed by atoms with E-state index in [0.717, 1.165) is 51.4 Å². The number of nitrogens with zero attached hydrogens (tertiary/aromatic N) is 1. The highest BCUT2D eigenvalue weighted by Gasteiger charge is 2.44. The van der Waals surface area contributed by atoms with E-state index in [1.54, 1.807) is 0 Å².